The molecule has 1 aromatic rings. The number of hydrogen-bond acceptors (Lipinski definition) is 2. The van der Waals surface area contributed by atoms with Gasteiger partial charge in [0.25, 0.3) is 0 Å². The molecular weight excluding hydrogens is 302 g/mol. The molecule has 0 bridgehead atoms. The Labute approximate surface area is 117 Å². The van der Waals surface area contributed by atoms with E-state index in [2.05, 4.69) is 34.7 Å². The van der Waals surface area contributed by atoms with Crippen molar-refractivity contribution in [3.63, 3.8) is 0 Å². The minimum Gasteiger partial charge on any atom is -0.492 e. The van der Waals surface area contributed by atoms with E-state index >= 15 is 0 Å². The summed E-state index contributed by atoms with van der Waals surface area (Å²) in [4.78, 5) is 2.31. The summed E-state index contributed by atoms with van der Waals surface area (Å²) in [6, 6.07) is 8.39. The number of halogens is 2. The maximum absolute atomic E-state index is 5.77. The summed E-state index contributed by atoms with van der Waals surface area (Å²) in [5.41, 5.74) is 0. The smallest absolute Gasteiger partial charge is 0.119 e. The first-order valence-corrected chi connectivity index (χ1v) is 7.14. The fraction of sp³-hybridized carbons (Fsp3) is 0.538. The lowest BCUT2D eigenvalue weighted by atomic mass is 10.3. The monoisotopic (exact) mass is 319 g/mol. The second-order valence-corrected chi connectivity index (χ2v) is 5.41. The van der Waals surface area contributed by atoms with Gasteiger partial charge in [-0.2, -0.15) is 0 Å². The molecule has 0 aliphatic heterocycles. The van der Waals surface area contributed by atoms with Crippen LogP contribution in [0.4, 0.5) is 0 Å². The van der Waals surface area contributed by atoms with Crippen molar-refractivity contribution >= 4 is 27.5 Å². The van der Waals surface area contributed by atoms with Gasteiger partial charge in [-0.15, -0.1) is 11.6 Å². The maximum Gasteiger partial charge on any atom is 0.119 e. The fourth-order valence-corrected chi connectivity index (χ4v) is 2.03. The second kappa shape index (κ2) is 7.96. The van der Waals surface area contributed by atoms with E-state index in [1.165, 1.54) is 0 Å². The van der Waals surface area contributed by atoms with Crippen molar-refractivity contribution in [1.29, 1.82) is 0 Å². The molecule has 0 N–H and O–H groups in total. The highest BCUT2D eigenvalue weighted by atomic mass is 79.9. The lowest BCUT2D eigenvalue weighted by molar-refractivity contribution is 0.184. The molecule has 0 saturated carbocycles. The van der Waals surface area contributed by atoms with Crippen LogP contribution in [-0.4, -0.2) is 36.5 Å². The van der Waals surface area contributed by atoms with E-state index < -0.39 is 0 Å². The number of alkyl halides is 1. The molecule has 0 atom stereocenters. The van der Waals surface area contributed by atoms with Crippen LogP contribution in [0, 0.1) is 0 Å². The molecule has 0 amide bonds. The van der Waals surface area contributed by atoms with Gasteiger partial charge in [0.2, 0.25) is 0 Å². The van der Waals surface area contributed by atoms with Gasteiger partial charge >= 0.3 is 0 Å². The molecular formula is C13H19BrClNO. The summed E-state index contributed by atoms with van der Waals surface area (Å²) in [6.07, 6.45) is 0. The Morgan fingerprint density at radius 2 is 1.88 bits per heavy atom. The van der Waals surface area contributed by atoms with Gasteiger partial charge in [0.1, 0.15) is 12.4 Å². The lowest BCUT2D eigenvalue weighted by Gasteiger charge is -2.25. The van der Waals surface area contributed by atoms with E-state index in [1.807, 2.05) is 24.3 Å². The van der Waals surface area contributed by atoms with Crippen LogP contribution in [0.25, 0.3) is 0 Å². The molecule has 0 fully saturated rings. The Morgan fingerprint density at radius 3 is 2.41 bits per heavy atom. The van der Waals surface area contributed by atoms with Gasteiger partial charge in [-0.3, -0.25) is 4.90 Å². The minimum atomic E-state index is 0.502. The molecule has 0 radical (unpaired) electrons. The van der Waals surface area contributed by atoms with E-state index in [1.54, 1.807) is 0 Å². The Kier molecular flexibility index (Phi) is 6.93. The molecule has 1 aromatic carbocycles. The van der Waals surface area contributed by atoms with Crippen LogP contribution in [0.2, 0.25) is 0 Å². The van der Waals surface area contributed by atoms with Gasteiger partial charge in [-0.25, -0.2) is 0 Å². The molecule has 1 rings (SSSR count). The molecule has 0 heterocycles. The fourth-order valence-electron chi connectivity index (χ4n) is 1.55. The third-order valence-electron chi connectivity index (χ3n) is 2.56. The molecule has 0 saturated heterocycles. The number of ether oxygens (including phenoxy) is 1. The zero-order chi connectivity index (χ0) is 12.7. The predicted molar refractivity (Wildman–Crippen MR) is 77.1 cm³/mol. The molecule has 17 heavy (non-hydrogen) atoms. The first kappa shape index (κ1) is 14.8. The molecule has 0 spiro atoms. The van der Waals surface area contributed by atoms with Crippen LogP contribution in [0.5, 0.6) is 5.75 Å². The molecule has 2 nitrogen and oxygen atoms in total. The summed E-state index contributed by atoms with van der Waals surface area (Å²) in [6.45, 7) is 6.85. The van der Waals surface area contributed by atoms with Crippen molar-refractivity contribution in [2.45, 2.75) is 19.9 Å². The van der Waals surface area contributed by atoms with Crippen molar-refractivity contribution < 1.29 is 4.74 Å². The first-order valence-electron chi connectivity index (χ1n) is 5.82. The van der Waals surface area contributed by atoms with Gasteiger partial charge in [0.15, 0.2) is 0 Å². The van der Waals surface area contributed by atoms with Crippen LogP contribution in [0.1, 0.15) is 13.8 Å². The van der Waals surface area contributed by atoms with E-state index in [4.69, 9.17) is 16.3 Å². The summed E-state index contributed by atoms with van der Waals surface area (Å²) < 4.78 is 6.75. The Bertz CT molecular complexity index is 316. The number of hydrogen-bond donors (Lipinski definition) is 0. The van der Waals surface area contributed by atoms with E-state index in [9.17, 15) is 0 Å². The van der Waals surface area contributed by atoms with Crippen molar-refractivity contribution in [3.8, 4) is 5.75 Å². The number of benzene rings is 1. The SMILES string of the molecule is CC(C)N(CCCl)CCOc1ccc(Br)cc1. The third-order valence-corrected chi connectivity index (χ3v) is 3.26. The highest BCUT2D eigenvalue weighted by Crippen LogP contribution is 2.16. The molecule has 4 heteroatoms. The van der Waals surface area contributed by atoms with Crippen molar-refractivity contribution in [1.82, 2.24) is 4.90 Å². The molecule has 0 aliphatic carbocycles. The molecule has 0 unspecified atom stereocenters. The van der Waals surface area contributed by atoms with Crippen molar-refractivity contribution in [3.05, 3.63) is 28.7 Å². The van der Waals surface area contributed by atoms with Crippen LogP contribution in [0.15, 0.2) is 28.7 Å². The Hall–Kier alpha value is -0.250. The van der Waals surface area contributed by atoms with Gasteiger partial charge < -0.3 is 4.74 Å². The van der Waals surface area contributed by atoms with Gasteiger partial charge in [0, 0.05) is 29.5 Å². The van der Waals surface area contributed by atoms with Crippen molar-refractivity contribution in [2.24, 2.45) is 0 Å². The van der Waals surface area contributed by atoms with Gasteiger partial charge in [0.05, 0.1) is 0 Å². The molecule has 0 aliphatic rings. The maximum atomic E-state index is 5.77. The summed E-state index contributed by atoms with van der Waals surface area (Å²) in [5.74, 6) is 1.57. The van der Waals surface area contributed by atoms with Crippen LogP contribution < -0.4 is 4.74 Å². The zero-order valence-corrected chi connectivity index (χ0v) is 12.7. The zero-order valence-electron chi connectivity index (χ0n) is 10.3. The second-order valence-electron chi connectivity index (χ2n) is 4.12. The van der Waals surface area contributed by atoms with E-state index in [-0.39, 0.29) is 0 Å². The quantitative estimate of drug-likeness (QED) is 0.709. The highest BCUT2D eigenvalue weighted by Gasteiger charge is 2.08. The lowest BCUT2D eigenvalue weighted by Crippen LogP contribution is -2.36. The van der Waals surface area contributed by atoms with Crippen LogP contribution in [0.3, 0.4) is 0 Å². The predicted octanol–water partition coefficient (Wildman–Crippen LogP) is 3.78. The Morgan fingerprint density at radius 1 is 1.24 bits per heavy atom. The van der Waals surface area contributed by atoms with Crippen LogP contribution in [-0.2, 0) is 0 Å². The van der Waals surface area contributed by atoms with E-state index in [0.29, 0.717) is 18.5 Å². The van der Waals surface area contributed by atoms with Crippen LogP contribution >= 0.6 is 27.5 Å². The van der Waals surface area contributed by atoms with Gasteiger partial charge in [-0.05, 0) is 38.1 Å². The third kappa shape index (κ3) is 5.75. The number of nitrogens with zero attached hydrogens (tertiary/aromatic N) is 1. The number of rotatable bonds is 7. The van der Waals surface area contributed by atoms with Crippen molar-refractivity contribution in [2.75, 3.05) is 25.6 Å². The van der Waals surface area contributed by atoms with E-state index in [0.717, 1.165) is 23.3 Å². The summed E-state index contributed by atoms with van der Waals surface area (Å²) in [5, 5.41) is 0. The summed E-state index contributed by atoms with van der Waals surface area (Å²) in [7, 11) is 0. The average molecular weight is 321 g/mol. The average Bonchev–Trinajstić information content (AvgIpc) is 2.30. The normalized spacial score (nSPS) is 11.2. The molecule has 0 aromatic heterocycles. The Balaban J connectivity index is 2.33. The topological polar surface area (TPSA) is 12.5 Å². The van der Waals surface area contributed by atoms with Gasteiger partial charge in [-0.1, -0.05) is 15.9 Å². The summed E-state index contributed by atoms with van der Waals surface area (Å²) >= 11 is 9.16. The minimum absolute atomic E-state index is 0.502. The first-order chi connectivity index (χ1) is 8.13. The standard InChI is InChI=1S/C13H19BrClNO/c1-11(2)16(8-7-15)9-10-17-13-5-3-12(14)4-6-13/h3-6,11H,7-10H2,1-2H3. The largest absolute Gasteiger partial charge is 0.492 e. The highest BCUT2D eigenvalue weighted by molar-refractivity contribution is 9.10. The molecule has 96 valence electrons.